The first-order valence-electron chi connectivity index (χ1n) is 5.36. The molecule has 0 saturated carbocycles. The Morgan fingerprint density at radius 1 is 0.778 bits per heavy atom. The fourth-order valence-corrected chi connectivity index (χ4v) is 8.86. The van der Waals surface area contributed by atoms with Gasteiger partial charge in [0.25, 0.3) is 0 Å². The maximum Gasteiger partial charge on any atom is 0.151 e. The molecule has 6 nitrogen and oxygen atoms in total. The first kappa shape index (κ1) is 15.8. The molecular weight excluding hydrogens is 278 g/mol. The summed E-state index contributed by atoms with van der Waals surface area (Å²) in [6.07, 6.45) is 1.93. The molecule has 0 radical (unpaired) electrons. The van der Waals surface area contributed by atoms with Gasteiger partial charge in [0.1, 0.15) is 23.4 Å². The third-order valence-electron chi connectivity index (χ3n) is 3.15. The van der Waals surface area contributed by atoms with E-state index in [0.717, 1.165) is 0 Å². The van der Waals surface area contributed by atoms with Gasteiger partial charge < -0.3 is 29.6 Å². The van der Waals surface area contributed by atoms with Gasteiger partial charge in [0.2, 0.25) is 0 Å². The molecule has 0 bridgehead atoms. The molecule has 0 aliphatic carbocycles. The van der Waals surface area contributed by atoms with E-state index in [-0.39, 0.29) is 12.3 Å². The van der Waals surface area contributed by atoms with Crippen molar-refractivity contribution in [3.8, 4) is 0 Å². The van der Waals surface area contributed by atoms with E-state index in [4.69, 9.17) is 0 Å². The molecular formula is C10H18O6P2. The van der Waals surface area contributed by atoms with Gasteiger partial charge >= 0.3 is 0 Å². The Hall–Kier alpha value is -0.220. The van der Waals surface area contributed by atoms with Gasteiger partial charge in [0, 0.05) is 12.3 Å². The number of aliphatic hydroxyl groups excluding tert-OH is 4. The van der Waals surface area contributed by atoms with Crippen LogP contribution in [-0.4, -0.2) is 56.1 Å². The minimum Gasteiger partial charge on any atom is -0.382 e. The van der Waals surface area contributed by atoms with Crippen LogP contribution in [-0.2, 0) is 9.13 Å². The smallest absolute Gasteiger partial charge is 0.151 e. The molecule has 1 aliphatic rings. The zero-order valence-corrected chi connectivity index (χ0v) is 11.6. The molecule has 4 N–H and O–H groups in total. The van der Waals surface area contributed by atoms with Crippen molar-refractivity contribution in [3.05, 3.63) is 25.3 Å². The Balaban J connectivity index is 3.26. The second-order valence-corrected chi connectivity index (χ2v) is 10.6. The molecule has 1 rings (SSSR count). The Morgan fingerprint density at radius 3 is 1.17 bits per heavy atom. The predicted molar refractivity (Wildman–Crippen MR) is 69.4 cm³/mol. The lowest BCUT2D eigenvalue weighted by atomic mass is 10.7. The molecule has 4 unspecified atom stereocenters. The van der Waals surface area contributed by atoms with E-state index < -0.39 is 37.7 Å². The number of hydrogen-bond acceptors (Lipinski definition) is 6. The van der Waals surface area contributed by atoms with Crippen LogP contribution >= 0.6 is 14.3 Å². The summed E-state index contributed by atoms with van der Waals surface area (Å²) in [7, 11) is -7.45. The molecule has 1 aliphatic heterocycles. The number of aliphatic hydroxyl groups is 4. The second-order valence-electron chi connectivity index (χ2n) is 4.31. The first-order valence-corrected chi connectivity index (χ1v) is 9.42. The molecule has 104 valence electrons. The van der Waals surface area contributed by atoms with E-state index in [1.54, 1.807) is 0 Å². The van der Waals surface area contributed by atoms with Crippen LogP contribution in [0.4, 0.5) is 0 Å². The van der Waals surface area contributed by atoms with E-state index in [0.29, 0.717) is 0 Å². The lowest BCUT2D eigenvalue weighted by Gasteiger charge is -2.43. The Labute approximate surface area is 105 Å². The van der Waals surface area contributed by atoms with E-state index in [2.05, 4.69) is 13.2 Å². The zero-order chi connectivity index (χ0) is 14.1. The van der Waals surface area contributed by atoms with Crippen LogP contribution in [0, 0.1) is 0 Å². The highest BCUT2D eigenvalue weighted by molar-refractivity contribution is 7.73. The maximum atomic E-state index is 12.4. The molecule has 0 aromatic carbocycles. The fourth-order valence-electron chi connectivity index (χ4n) is 2.05. The van der Waals surface area contributed by atoms with E-state index in [9.17, 15) is 29.6 Å². The van der Waals surface area contributed by atoms with Gasteiger partial charge in [0.05, 0.1) is 0 Å². The normalized spacial score (nSPS) is 48.7. The predicted octanol–water partition coefficient (Wildman–Crippen LogP) is 0.372. The third kappa shape index (κ3) is 2.18. The van der Waals surface area contributed by atoms with Crippen molar-refractivity contribution in [2.75, 3.05) is 12.3 Å². The molecule has 0 spiro atoms. The lowest BCUT2D eigenvalue weighted by Crippen LogP contribution is -2.45. The highest BCUT2D eigenvalue weighted by atomic mass is 31.2. The minimum atomic E-state index is -3.72. The largest absolute Gasteiger partial charge is 0.382 e. The topological polar surface area (TPSA) is 115 Å². The van der Waals surface area contributed by atoms with Gasteiger partial charge in [-0.2, -0.15) is 0 Å². The van der Waals surface area contributed by atoms with Crippen molar-refractivity contribution in [1.29, 1.82) is 0 Å². The van der Waals surface area contributed by atoms with Crippen molar-refractivity contribution < 1.29 is 29.6 Å². The summed E-state index contributed by atoms with van der Waals surface area (Å²) in [6, 6.07) is 0. The van der Waals surface area contributed by atoms with Gasteiger partial charge in [-0.15, -0.1) is 13.2 Å². The lowest BCUT2D eigenvalue weighted by molar-refractivity contribution is 0.0631. The van der Waals surface area contributed by atoms with Crippen LogP contribution in [0.1, 0.15) is 0 Å². The maximum absolute atomic E-state index is 12.4. The number of allylic oxidation sites excluding steroid dienone is 2. The zero-order valence-electron chi connectivity index (χ0n) is 9.79. The number of rotatable bonds is 4. The van der Waals surface area contributed by atoms with E-state index >= 15 is 0 Å². The highest BCUT2D eigenvalue weighted by Crippen LogP contribution is 2.72. The minimum absolute atomic E-state index is 0.252. The van der Waals surface area contributed by atoms with Crippen LogP contribution in [0.25, 0.3) is 0 Å². The molecule has 18 heavy (non-hydrogen) atoms. The Kier molecular flexibility index (Phi) is 4.76. The standard InChI is InChI=1S/C10H18O6P2/c1-3-5-17(15)7(11)9(13)18(16,6-4-2)10(14)8(17)12/h3-4,7-14H,1-2,5-6H2. The van der Waals surface area contributed by atoms with Crippen LogP contribution in [0.15, 0.2) is 25.3 Å². The molecule has 1 fully saturated rings. The average Bonchev–Trinajstić information content (AvgIpc) is 2.34. The summed E-state index contributed by atoms with van der Waals surface area (Å²) in [4.78, 5) is 0. The Bertz CT molecular complexity index is 370. The van der Waals surface area contributed by atoms with Crippen molar-refractivity contribution in [1.82, 2.24) is 0 Å². The third-order valence-corrected chi connectivity index (χ3v) is 9.99. The Morgan fingerprint density at radius 2 is 1.00 bits per heavy atom. The summed E-state index contributed by atoms with van der Waals surface area (Å²) in [5.41, 5.74) is 0. The summed E-state index contributed by atoms with van der Waals surface area (Å²) in [5.74, 6) is -7.33. The fraction of sp³-hybridized carbons (Fsp3) is 0.600. The van der Waals surface area contributed by atoms with E-state index in [1.807, 2.05) is 0 Å². The molecule has 1 heterocycles. The monoisotopic (exact) mass is 296 g/mol. The molecule has 0 aromatic rings. The molecule has 0 aromatic heterocycles. The molecule has 8 heteroatoms. The van der Waals surface area contributed by atoms with Crippen LogP contribution in [0.3, 0.4) is 0 Å². The molecule has 4 atom stereocenters. The first-order chi connectivity index (χ1) is 8.25. The van der Waals surface area contributed by atoms with Gasteiger partial charge in [-0.05, 0) is 0 Å². The van der Waals surface area contributed by atoms with Crippen LogP contribution < -0.4 is 0 Å². The summed E-state index contributed by atoms with van der Waals surface area (Å²) in [5, 5.41) is 39.4. The summed E-state index contributed by atoms with van der Waals surface area (Å²) in [6.45, 7) is 6.70. The summed E-state index contributed by atoms with van der Waals surface area (Å²) < 4.78 is 24.7. The van der Waals surface area contributed by atoms with Gasteiger partial charge in [0.15, 0.2) is 14.3 Å². The number of hydrogen-bond donors (Lipinski definition) is 4. The van der Waals surface area contributed by atoms with Crippen molar-refractivity contribution in [2.45, 2.75) is 23.4 Å². The molecule has 0 amide bonds. The van der Waals surface area contributed by atoms with Crippen LogP contribution in [0.2, 0.25) is 0 Å². The van der Waals surface area contributed by atoms with Crippen molar-refractivity contribution >= 4 is 14.3 Å². The average molecular weight is 296 g/mol. The SMILES string of the molecule is C=CCP1(=O)C(O)C(O)P(=O)(CC=C)C(O)C1O. The van der Waals surface area contributed by atoms with E-state index in [1.165, 1.54) is 12.2 Å². The second kappa shape index (κ2) is 5.41. The summed E-state index contributed by atoms with van der Waals surface area (Å²) >= 11 is 0. The van der Waals surface area contributed by atoms with Gasteiger partial charge in [-0.25, -0.2) is 0 Å². The van der Waals surface area contributed by atoms with Crippen LogP contribution in [0.5, 0.6) is 0 Å². The quantitative estimate of drug-likeness (QED) is 0.440. The highest BCUT2D eigenvalue weighted by Gasteiger charge is 2.60. The van der Waals surface area contributed by atoms with Crippen molar-refractivity contribution in [3.63, 3.8) is 0 Å². The van der Waals surface area contributed by atoms with Gasteiger partial charge in [-0.3, -0.25) is 0 Å². The van der Waals surface area contributed by atoms with Crippen molar-refractivity contribution in [2.24, 2.45) is 0 Å². The molecule has 1 saturated heterocycles. The van der Waals surface area contributed by atoms with Gasteiger partial charge in [-0.1, -0.05) is 12.2 Å².